The predicted octanol–water partition coefficient (Wildman–Crippen LogP) is 10.1. The molecule has 0 amide bonds. The molecule has 6 aromatic rings. The maximum Gasteiger partial charge on any atom is 0.117 e. The molecule has 38 heavy (non-hydrogen) atoms. The SMILES string of the molecule is Cc1ccc(N(c2ccc(C)c3ccccc23)c2cc(N)c(N=Nc3ccccc3)c3ccccc23)cc1. The van der Waals surface area contributed by atoms with Gasteiger partial charge in [-0.3, -0.25) is 0 Å². The van der Waals surface area contributed by atoms with Crippen molar-refractivity contribution in [3.8, 4) is 0 Å². The number of hydrogen-bond acceptors (Lipinski definition) is 4. The first-order valence-corrected chi connectivity index (χ1v) is 12.7. The molecular weight excluding hydrogens is 464 g/mol. The molecule has 0 aliphatic carbocycles. The highest BCUT2D eigenvalue weighted by Gasteiger charge is 2.20. The van der Waals surface area contributed by atoms with Crippen molar-refractivity contribution in [3.63, 3.8) is 0 Å². The van der Waals surface area contributed by atoms with Crippen LogP contribution in [-0.2, 0) is 0 Å². The highest BCUT2D eigenvalue weighted by molar-refractivity contribution is 6.10. The van der Waals surface area contributed by atoms with Crippen molar-refractivity contribution in [1.29, 1.82) is 0 Å². The standard InChI is InChI=1S/C34H28N4/c1-23-16-19-26(20-17-23)38(32-21-18-24(2)27-12-6-7-13-28(27)32)33-22-31(35)34(30-15-9-8-14-29(30)33)37-36-25-10-4-3-5-11-25/h3-22H,35H2,1-2H3. The second-order valence-electron chi connectivity index (χ2n) is 9.53. The third kappa shape index (κ3) is 4.27. The lowest BCUT2D eigenvalue weighted by Gasteiger charge is -2.29. The lowest BCUT2D eigenvalue weighted by atomic mass is 10.00. The molecule has 4 heteroatoms. The number of nitrogens with two attached hydrogens (primary N) is 1. The summed E-state index contributed by atoms with van der Waals surface area (Å²) in [5, 5.41) is 13.5. The molecule has 2 N–H and O–H groups in total. The molecule has 0 aromatic heterocycles. The zero-order valence-electron chi connectivity index (χ0n) is 21.5. The summed E-state index contributed by atoms with van der Waals surface area (Å²) in [5.41, 5.74) is 14.4. The van der Waals surface area contributed by atoms with Crippen LogP contribution >= 0.6 is 0 Å². The summed E-state index contributed by atoms with van der Waals surface area (Å²) in [6.07, 6.45) is 0. The maximum absolute atomic E-state index is 6.73. The summed E-state index contributed by atoms with van der Waals surface area (Å²) in [6.45, 7) is 4.26. The van der Waals surface area contributed by atoms with Gasteiger partial charge in [0.1, 0.15) is 5.69 Å². The van der Waals surface area contributed by atoms with Crippen molar-refractivity contribution in [2.45, 2.75) is 13.8 Å². The van der Waals surface area contributed by atoms with E-state index in [1.165, 1.54) is 21.9 Å². The molecule has 0 bridgehead atoms. The Bertz CT molecular complexity index is 1790. The van der Waals surface area contributed by atoms with Gasteiger partial charge >= 0.3 is 0 Å². The lowest BCUT2D eigenvalue weighted by molar-refractivity contribution is 1.24. The summed E-state index contributed by atoms with van der Waals surface area (Å²) in [5.74, 6) is 0. The quantitative estimate of drug-likeness (QED) is 0.192. The van der Waals surface area contributed by atoms with E-state index in [1.807, 2.05) is 42.5 Å². The van der Waals surface area contributed by atoms with Crippen LogP contribution in [0.2, 0.25) is 0 Å². The van der Waals surface area contributed by atoms with Crippen LogP contribution < -0.4 is 10.6 Å². The third-order valence-corrected chi connectivity index (χ3v) is 6.94. The van der Waals surface area contributed by atoms with E-state index in [4.69, 9.17) is 5.73 Å². The largest absolute Gasteiger partial charge is 0.397 e. The molecule has 6 aromatic carbocycles. The highest BCUT2D eigenvalue weighted by Crippen LogP contribution is 2.46. The molecular formula is C34H28N4. The minimum absolute atomic E-state index is 0.576. The highest BCUT2D eigenvalue weighted by atomic mass is 15.2. The molecule has 0 saturated heterocycles. The van der Waals surface area contributed by atoms with Gasteiger partial charge in [-0.25, -0.2) is 0 Å². The molecule has 0 atom stereocenters. The van der Waals surface area contributed by atoms with Gasteiger partial charge < -0.3 is 10.6 Å². The molecule has 0 fully saturated rings. The first-order valence-electron chi connectivity index (χ1n) is 12.7. The monoisotopic (exact) mass is 492 g/mol. The Morgan fingerprint density at radius 3 is 1.87 bits per heavy atom. The van der Waals surface area contributed by atoms with Crippen molar-refractivity contribution in [3.05, 3.63) is 132 Å². The van der Waals surface area contributed by atoms with Crippen LogP contribution in [0.1, 0.15) is 11.1 Å². The normalized spacial score (nSPS) is 11.4. The van der Waals surface area contributed by atoms with Gasteiger partial charge in [-0.15, -0.1) is 5.11 Å². The van der Waals surface area contributed by atoms with E-state index < -0.39 is 0 Å². The van der Waals surface area contributed by atoms with Gasteiger partial charge in [0.15, 0.2) is 0 Å². The first-order chi connectivity index (χ1) is 18.6. The van der Waals surface area contributed by atoms with E-state index in [9.17, 15) is 0 Å². The Labute approximate surface area is 222 Å². The van der Waals surface area contributed by atoms with Crippen LogP contribution in [-0.4, -0.2) is 0 Å². The van der Waals surface area contributed by atoms with Crippen molar-refractivity contribution in [2.24, 2.45) is 10.2 Å². The third-order valence-electron chi connectivity index (χ3n) is 6.94. The van der Waals surface area contributed by atoms with Crippen molar-refractivity contribution < 1.29 is 0 Å². The molecule has 0 saturated carbocycles. The van der Waals surface area contributed by atoms with Gasteiger partial charge in [0, 0.05) is 21.8 Å². The number of hydrogen-bond donors (Lipinski definition) is 1. The van der Waals surface area contributed by atoms with E-state index in [2.05, 4.69) is 108 Å². The van der Waals surface area contributed by atoms with Crippen LogP contribution in [0.5, 0.6) is 0 Å². The van der Waals surface area contributed by atoms with Gasteiger partial charge in [-0.05, 0) is 61.2 Å². The summed E-state index contributed by atoms with van der Waals surface area (Å²) in [4.78, 5) is 2.30. The number of anilines is 4. The minimum atomic E-state index is 0.576. The summed E-state index contributed by atoms with van der Waals surface area (Å²) in [7, 11) is 0. The molecule has 184 valence electrons. The molecule has 0 unspecified atom stereocenters. The number of benzene rings is 6. The van der Waals surface area contributed by atoms with Gasteiger partial charge in [0.05, 0.1) is 22.7 Å². The number of rotatable bonds is 5. The number of nitrogens with zero attached hydrogens (tertiary/aromatic N) is 3. The molecule has 0 spiro atoms. The molecule has 0 radical (unpaired) electrons. The molecule has 0 aliphatic rings. The zero-order valence-corrected chi connectivity index (χ0v) is 21.5. The van der Waals surface area contributed by atoms with Crippen molar-refractivity contribution >= 4 is 55.7 Å². The molecule has 0 aliphatic heterocycles. The molecule has 6 rings (SSSR count). The second-order valence-corrected chi connectivity index (χ2v) is 9.53. The Balaban J connectivity index is 1.62. The average Bonchev–Trinajstić information content (AvgIpc) is 2.95. The molecule has 4 nitrogen and oxygen atoms in total. The topological polar surface area (TPSA) is 54.0 Å². The van der Waals surface area contributed by atoms with E-state index in [0.29, 0.717) is 11.4 Å². The van der Waals surface area contributed by atoms with Crippen molar-refractivity contribution in [1.82, 2.24) is 0 Å². The number of aryl methyl sites for hydroxylation is 2. The Hall–Kier alpha value is -4.96. The minimum Gasteiger partial charge on any atom is -0.397 e. The summed E-state index contributed by atoms with van der Waals surface area (Å²) >= 11 is 0. The van der Waals surface area contributed by atoms with E-state index in [1.54, 1.807) is 0 Å². The van der Waals surface area contributed by atoms with Crippen LogP contribution in [0.25, 0.3) is 21.5 Å². The number of fused-ring (bicyclic) bond motifs is 2. The fourth-order valence-electron chi connectivity index (χ4n) is 4.99. The van der Waals surface area contributed by atoms with Gasteiger partial charge in [-0.2, -0.15) is 5.11 Å². The summed E-state index contributed by atoms with van der Waals surface area (Å²) in [6, 6.07) is 41.6. The van der Waals surface area contributed by atoms with Crippen LogP contribution in [0, 0.1) is 13.8 Å². The van der Waals surface area contributed by atoms with Crippen molar-refractivity contribution in [2.75, 3.05) is 10.6 Å². The predicted molar refractivity (Wildman–Crippen MR) is 161 cm³/mol. The zero-order chi connectivity index (χ0) is 26.1. The van der Waals surface area contributed by atoms with Gasteiger partial charge in [0.2, 0.25) is 0 Å². The fraction of sp³-hybridized carbons (Fsp3) is 0.0588. The van der Waals surface area contributed by atoms with E-state index in [0.717, 1.165) is 33.5 Å². The van der Waals surface area contributed by atoms with Crippen LogP contribution in [0.15, 0.2) is 132 Å². The number of nitrogen functional groups attached to an aromatic ring is 1. The van der Waals surface area contributed by atoms with Crippen LogP contribution in [0.3, 0.4) is 0 Å². The maximum atomic E-state index is 6.73. The Kier molecular flexibility index (Phi) is 6.06. The average molecular weight is 493 g/mol. The van der Waals surface area contributed by atoms with Gasteiger partial charge in [-0.1, -0.05) is 90.5 Å². The first kappa shape index (κ1) is 23.4. The van der Waals surface area contributed by atoms with E-state index >= 15 is 0 Å². The Morgan fingerprint density at radius 1 is 0.553 bits per heavy atom. The van der Waals surface area contributed by atoms with E-state index in [-0.39, 0.29) is 0 Å². The number of azo groups is 1. The fourth-order valence-corrected chi connectivity index (χ4v) is 4.99. The lowest BCUT2D eigenvalue weighted by Crippen LogP contribution is -2.12. The summed E-state index contributed by atoms with van der Waals surface area (Å²) < 4.78 is 0. The van der Waals surface area contributed by atoms with Gasteiger partial charge in [0.25, 0.3) is 0 Å². The molecule has 0 heterocycles. The smallest absolute Gasteiger partial charge is 0.117 e. The van der Waals surface area contributed by atoms with Crippen LogP contribution in [0.4, 0.5) is 34.1 Å². The Morgan fingerprint density at radius 2 is 1.16 bits per heavy atom. The second kappa shape index (κ2) is 9.83.